The molecule has 1 aromatic carbocycles. The van der Waals surface area contributed by atoms with Gasteiger partial charge in [-0.15, -0.1) is 0 Å². The van der Waals surface area contributed by atoms with Crippen LogP contribution in [0.1, 0.15) is 12.8 Å². The molecule has 0 spiro atoms. The van der Waals surface area contributed by atoms with Crippen molar-refractivity contribution in [2.24, 2.45) is 0 Å². The Morgan fingerprint density at radius 3 is 3.05 bits per heavy atom. The molecule has 1 N–H and O–H groups in total. The second kappa shape index (κ2) is 6.56. The van der Waals surface area contributed by atoms with Gasteiger partial charge in [0, 0.05) is 26.3 Å². The highest BCUT2D eigenvalue weighted by molar-refractivity contribution is 5.90. The Morgan fingerprint density at radius 1 is 1.60 bits per heavy atom. The summed E-state index contributed by atoms with van der Waals surface area (Å²) in [4.78, 5) is 13.6. The van der Waals surface area contributed by atoms with E-state index in [9.17, 15) is 9.18 Å². The van der Waals surface area contributed by atoms with E-state index in [-0.39, 0.29) is 12.1 Å². The van der Waals surface area contributed by atoms with Gasteiger partial charge >= 0.3 is 6.03 Å². The summed E-state index contributed by atoms with van der Waals surface area (Å²) < 4.78 is 23.6. The second-order valence-electron chi connectivity index (χ2n) is 4.79. The van der Waals surface area contributed by atoms with Crippen LogP contribution in [0, 0.1) is 5.82 Å². The molecule has 0 unspecified atom stereocenters. The first-order chi connectivity index (χ1) is 9.60. The average Bonchev–Trinajstić information content (AvgIpc) is 2.93. The molecule has 0 saturated carbocycles. The molecule has 110 valence electrons. The molecule has 1 heterocycles. The Labute approximate surface area is 117 Å². The maximum Gasteiger partial charge on any atom is 0.321 e. The van der Waals surface area contributed by atoms with Crippen molar-refractivity contribution in [2.45, 2.75) is 18.9 Å². The number of nitrogens with one attached hydrogen (secondary N) is 1. The van der Waals surface area contributed by atoms with Gasteiger partial charge in [0.2, 0.25) is 0 Å². The third-order valence-electron chi connectivity index (χ3n) is 3.25. The minimum atomic E-state index is -0.410. The molecule has 1 saturated heterocycles. The molecule has 5 nitrogen and oxygen atoms in total. The first-order valence-corrected chi connectivity index (χ1v) is 6.57. The van der Waals surface area contributed by atoms with Gasteiger partial charge in [0.25, 0.3) is 0 Å². The van der Waals surface area contributed by atoms with E-state index in [0.29, 0.717) is 18.0 Å². The van der Waals surface area contributed by atoms with Crippen LogP contribution in [0.15, 0.2) is 18.2 Å². The van der Waals surface area contributed by atoms with Gasteiger partial charge in [0.15, 0.2) is 0 Å². The lowest BCUT2D eigenvalue weighted by molar-refractivity contribution is 0.0894. The third kappa shape index (κ3) is 3.60. The van der Waals surface area contributed by atoms with Crippen LogP contribution in [0.25, 0.3) is 0 Å². The van der Waals surface area contributed by atoms with E-state index in [1.807, 2.05) is 0 Å². The average molecular weight is 282 g/mol. The maximum absolute atomic E-state index is 13.1. The molecule has 1 aliphatic rings. The van der Waals surface area contributed by atoms with Crippen LogP contribution < -0.4 is 10.1 Å². The number of benzene rings is 1. The first-order valence-electron chi connectivity index (χ1n) is 6.57. The number of likely N-dealkylation sites (N-methyl/N-ethyl adjacent to an activating group) is 1. The van der Waals surface area contributed by atoms with Gasteiger partial charge in [-0.2, -0.15) is 0 Å². The minimum Gasteiger partial charge on any atom is -0.494 e. The Kier molecular flexibility index (Phi) is 4.79. The molecule has 0 aromatic heterocycles. The van der Waals surface area contributed by atoms with E-state index in [0.717, 1.165) is 19.4 Å². The molecule has 20 heavy (non-hydrogen) atoms. The molecular formula is C14H19FN2O3. The van der Waals surface area contributed by atoms with Crippen molar-refractivity contribution in [3.63, 3.8) is 0 Å². The Hall–Kier alpha value is -1.82. The number of ether oxygens (including phenoxy) is 2. The maximum atomic E-state index is 13.1. The molecule has 1 fully saturated rings. The summed E-state index contributed by atoms with van der Waals surface area (Å²) in [6, 6.07) is 3.71. The first kappa shape index (κ1) is 14.6. The fourth-order valence-electron chi connectivity index (χ4n) is 2.16. The second-order valence-corrected chi connectivity index (χ2v) is 4.79. The van der Waals surface area contributed by atoms with Crippen LogP contribution in [0.5, 0.6) is 5.75 Å². The van der Waals surface area contributed by atoms with Gasteiger partial charge in [0.1, 0.15) is 11.6 Å². The number of hydrogen-bond donors (Lipinski definition) is 1. The summed E-state index contributed by atoms with van der Waals surface area (Å²) in [5, 5.41) is 2.70. The summed E-state index contributed by atoms with van der Waals surface area (Å²) in [5.41, 5.74) is 0.443. The Bertz CT molecular complexity index is 475. The molecule has 6 heteroatoms. The number of rotatable bonds is 4. The highest BCUT2D eigenvalue weighted by atomic mass is 19.1. The standard InChI is InChI=1S/C14H19FN2O3/c1-17(9-11-4-3-7-20-11)14(18)16-12-6-5-10(15)8-13(12)19-2/h5-6,8,11H,3-4,7,9H2,1-2H3,(H,16,18)/t11-/m0/s1. The van der Waals surface area contributed by atoms with Crippen molar-refractivity contribution in [3.05, 3.63) is 24.0 Å². The van der Waals surface area contributed by atoms with Crippen molar-refractivity contribution >= 4 is 11.7 Å². The number of anilines is 1. The van der Waals surface area contributed by atoms with Crippen LogP contribution in [-0.2, 0) is 4.74 Å². The number of halogens is 1. The van der Waals surface area contributed by atoms with Crippen molar-refractivity contribution in [1.29, 1.82) is 0 Å². The topological polar surface area (TPSA) is 50.8 Å². The van der Waals surface area contributed by atoms with Gasteiger partial charge in [-0.1, -0.05) is 0 Å². The number of nitrogens with zero attached hydrogens (tertiary/aromatic N) is 1. The predicted octanol–water partition coefficient (Wildman–Crippen LogP) is 2.48. The van der Waals surface area contributed by atoms with Crippen LogP contribution in [0.3, 0.4) is 0 Å². The van der Waals surface area contributed by atoms with Crippen LogP contribution in [-0.4, -0.2) is 44.3 Å². The van der Waals surface area contributed by atoms with Gasteiger partial charge in [-0.05, 0) is 25.0 Å². The van der Waals surface area contributed by atoms with E-state index in [2.05, 4.69) is 5.32 Å². The lowest BCUT2D eigenvalue weighted by Gasteiger charge is -2.21. The summed E-state index contributed by atoms with van der Waals surface area (Å²) in [7, 11) is 3.13. The zero-order chi connectivity index (χ0) is 14.5. The normalized spacial score (nSPS) is 17.9. The van der Waals surface area contributed by atoms with E-state index in [1.165, 1.54) is 25.3 Å². The molecule has 0 radical (unpaired) electrons. The summed E-state index contributed by atoms with van der Waals surface area (Å²) in [6.45, 7) is 1.29. The SMILES string of the molecule is COc1cc(F)ccc1NC(=O)N(C)C[C@@H]1CCCO1. The number of urea groups is 1. The summed E-state index contributed by atoms with van der Waals surface area (Å²) >= 11 is 0. The molecule has 1 atom stereocenters. The third-order valence-corrected chi connectivity index (χ3v) is 3.25. The molecular weight excluding hydrogens is 263 g/mol. The zero-order valence-corrected chi connectivity index (χ0v) is 11.7. The fraction of sp³-hybridized carbons (Fsp3) is 0.500. The summed E-state index contributed by atoms with van der Waals surface area (Å²) in [5.74, 6) is -0.114. The van der Waals surface area contributed by atoms with E-state index >= 15 is 0 Å². The summed E-state index contributed by atoms with van der Waals surface area (Å²) in [6.07, 6.45) is 2.10. The lowest BCUT2D eigenvalue weighted by Crippen LogP contribution is -2.37. The minimum absolute atomic E-state index is 0.0980. The zero-order valence-electron chi connectivity index (χ0n) is 11.7. The van der Waals surface area contributed by atoms with Crippen LogP contribution in [0.4, 0.5) is 14.9 Å². The molecule has 0 bridgehead atoms. The van der Waals surface area contributed by atoms with Gasteiger partial charge in [-0.25, -0.2) is 9.18 Å². The number of hydrogen-bond acceptors (Lipinski definition) is 3. The quantitative estimate of drug-likeness (QED) is 0.923. The lowest BCUT2D eigenvalue weighted by atomic mass is 10.2. The van der Waals surface area contributed by atoms with E-state index in [1.54, 1.807) is 11.9 Å². The Morgan fingerprint density at radius 2 is 2.40 bits per heavy atom. The van der Waals surface area contributed by atoms with E-state index in [4.69, 9.17) is 9.47 Å². The molecule has 2 amide bonds. The van der Waals surface area contributed by atoms with Gasteiger partial charge < -0.3 is 19.7 Å². The number of methoxy groups -OCH3 is 1. The van der Waals surface area contributed by atoms with Gasteiger partial charge in [0.05, 0.1) is 18.9 Å². The number of amides is 2. The highest BCUT2D eigenvalue weighted by Gasteiger charge is 2.20. The van der Waals surface area contributed by atoms with E-state index < -0.39 is 5.82 Å². The van der Waals surface area contributed by atoms with Crippen LogP contribution >= 0.6 is 0 Å². The number of carbonyl (C=O) groups is 1. The number of carbonyl (C=O) groups excluding carboxylic acids is 1. The molecule has 1 aliphatic heterocycles. The van der Waals surface area contributed by atoms with Crippen molar-refractivity contribution in [3.8, 4) is 5.75 Å². The predicted molar refractivity (Wildman–Crippen MR) is 73.6 cm³/mol. The Balaban J connectivity index is 1.96. The van der Waals surface area contributed by atoms with Crippen LogP contribution in [0.2, 0.25) is 0 Å². The smallest absolute Gasteiger partial charge is 0.321 e. The molecule has 0 aliphatic carbocycles. The monoisotopic (exact) mass is 282 g/mol. The molecule has 2 rings (SSSR count). The fourth-order valence-corrected chi connectivity index (χ4v) is 2.16. The van der Waals surface area contributed by atoms with Crippen molar-refractivity contribution < 1.29 is 18.7 Å². The van der Waals surface area contributed by atoms with Crippen molar-refractivity contribution in [1.82, 2.24) is 4.90 Å². The van der Waals surface area contributed by atoms with Crippen molar-refractivity contribution in [2.75, 3.05) is 32.6 Å². The highest BCUT2D eigenvalue weighted by Crippen LogP contribution is 2.25. The largest absolute Gasteiger partial charge is 0.494 e. The molecule has 1 aromatic rings. The van der Waals surface area contributed by atoms with Gasteiger partial charge in [-0.3, -0.25) is 0 Å².